The molecular formula is C13H20O3. The van der Waals surface area contributed by atoms with Crippen LogP contribution in [0.25, 0.3) is 0 Å². The highest BCUT2D eigenvalue weighted by molar-refractivity contribution is 5.92. The first-order chi connectivity index (χ1) is 7.36. The maximum Gasteiger partial charge on any atom is 0.156 e. The Labute approximate surface area is 96.5 Å². The van der Waals surface area contributed by atoms with Crippen LogP contribution >= 0.6 is 0 Å². The van der Waals surface area contributed by atoms with E-state index < -0.39 is 6.10 Å². The molecule has 1 aliphatic rings. The molecule has 0 aromatic heterocycles. The molecule has 0 bridgehead atoms. The topological polar surface area (TPSA) is 57.5 Å². The van der Waals surface area contributed by atoms with Crippen molar-refractivity contribution in [2.45, 2.75) is 33.3 Å². The third-order valence-electron chi connectivity index (χ3n) is 3.06. The van der Waals surface area contributed by atoms with Gasteiger partial charge >= 0.3 is 0 Å². The van der Waals surface area contributed by atoms with Crippen LogP contribution in [0.3, 0.4) is 0 Å². The summed E-state index contributed by atoms with van der Waals surface area (Å²) in [6.45, 7) is 5.74. The predicted octanol–water partition coefficient (Wildman–Crippen LogP) is 1.46. The summed E-state index contributed by atoms with van der Waals surface area (Å²) in [5, 5.41) is 18.0. The van der Waals surface area contributed by atoms with E-state index in [4.69, 9.17) is 5.11 Å². The lowest BCUT2D eigenvalue weighted by molar-refractivity contribution is -0.117. The van der Waals surface area contributed by atoms with E-state index >= 15 is 0 Å². The molecule has 0 saturated carbocycles. The summed E-state index contributed by atoms with van der Waals surface area (Å²) in [6, 6.07) is 0. The molecule has 1 unspecified atom stereocenters. The van der Waals surface area contributed by atoms with E-state index in [0.29, 0.717) is 6.42 Å². The lowest BCUT2D eigenvalue weighted by Crippen LogP contribution is -2.30. The van der Waals surface area contributed by atoms with Crippen LogP contribution in [-0.2, 0) is 4.79 Å². The molecule has 0 aromatic carbocycles. The molecule has 0 radical (unpaired) electrons. The molecule has 3 nitrogen and oxygen atoms in total. The Balaban J connectivity index is 2.88. The molecule has 3 heteroatoms. The minimum atomic E-state index is -0.818. The molecule has 0 spiro atoms. The van der Waals surface area contributed by atoms with Crippen molar-refractivity contribution in [2.75, 3.05) is 6.61 Å². The second-order valence-electron chi connectivity index (χ2n) is 5.13. The second-order valence-corrected chi connectivity index (χ2v) is 5.13. The number of ketones is 1. The number of aliphatic hydroxyl groups is 2. The molecule has 16 heavy (non-hydrogen) atoms. The Hall–Kier alpha value is -0.930. The van der Waals surface area contributed by atoms with Crippen molar-refractivity contribution in [3.05, 3.63) is 23.8 Å². The van der Waals surface area contributed by atoms with Gasteiger partial charge in [-0.1, -0.05) is 31.6 Å². The first-order valence-corrected chi connectivity index (χ1v) is 5.55. The van der Waals surface area contributed by atoms with E-state index in [1.165, 1.54) is 0 Å². The Morgan fingerprint density at radius 2 is 2.25 bits per heavy atom. The van der Waals surface area contributed by atoms with Crippen molar-refractivity contribution in [3.8, 4) is 0 Å². The van der Waals surface area contributed by atoms with Crippen LogP contribution in [-0.4, -0.2) is 28.7 Å². The Kier molecular flexibility index (Phi) is 4.05. The predicted molar refractivity (Wildman–Crippen MR) is 62.9 cm³/mol. The van der Waals surface area contributed by atoms with Crippen molar-refractivity contribution in [2.24, 2.45) is 11.3 Å². The average Bonchev–Trinajstić information content (AvgIpc) is 2.14. The number of allylic oxidation sites excluding steroid dienone is 3. The smallest absolute Gasteiger partial charge is 0.156 e. The fourth-order valence-corrected chi connectivity index (χ4v) is 2.28. The molecule has 0 aromatic rings. The monoisotopic (exact) mass is 224 g/mol. The normalized spacial score (nSPS) is 26.9. The van der Waals surface area contributed by atoms with Gasteiger partial charge in [-0.05, 0) is 18.4 Å². The van der Waals surface area contributed by atoms with Crippen molar-refractivity contribution in [1.82, 2.24) is 0 Å². The molecular weight excluding hydrogens is 204 g/mol. The number of hydrogen-bond donors (Lipinski definition) is 2. The third-order valence-corrected chi connectivity index (χ3v) is 3.06. The van der Waals surface area contributed by atoms with Gasteiger partial charge in [0.2, 0.25) is 0 Å². The number of aliphatic hydroxyl groups excluding tert-OH is 2. The van der Waals surface area contributed by atoms with Gasteiger partial charge in [0.25, 0.3) is 0 Å². The molecule has 0 aliphatic heterocycles. The fourth-order valence-electron chi connectivity index (χ4n) is 2.28. The van der Waals surface area contributed by atoms with E-state index in [9.17, 15) is 9.90 Å². The van der Waals surface area contributed by atoms with Crippen LogP contribution in [0.4, 0.5) is 0 Å². The SMILES string of the molecule is CC1=CC(=O)CC(C)(C)[C@H]1/C=C/C(O)CO. The van der Waals surface area contributed by atoms with Gasteiger partial charge in [-0.3, -0.25) is 4.79 Å². The van der Waals surface area contributed by atoms with Gasteiger partial charge in [-0.15, -0.1) is 0 Å². The van der Waals surface area contributed by atoms with Crippen molar-refractivity contribution >= 4 is 5.78 Å². The summed E-state index contributed by atoms with van der Waals surface area (Å²) in [5.41, 5.74) is 0.893. The van der Waals surface area contributed by atoms with Crippen LogP contribution < -0.4 is 0 Å². The molecule has 1 rings (SSSR count). The zero-order chi connectivity index (χ0) is 12.3. The molecule has 0 saturated heterocycles. The van der Waals surface area contributed by atoms with Gasteiger partial charge in [0, 0.05) is 12.3 Å². The number of hydrogen-bond acceptors (Lipinski definition) is 3. The van der Waals surface area contributed by atoms with Crippen LogP contribution in [0, 0.1) is 11.3 Å². The van der Waals surface area contributed by atoms with Crippen molar-refractivity contribution in [3.63, 3.8) is 0 Å². The molecule has 0 fully saturated rings. The fraction of sp³-hybridized carbons (Fsp3) is 0.615. The molecule has 0 amide bonds. The summed E-state index contributed by atoms with van der Waals surface area (Å²) in [6.07, 6.45) is 4.86. The molecule has 2 N–H and O–H groups in total. The standard InChI is InChI=1S/C13H20O3/c1-9-6-11(16)7-13(2,3)12(9)5-4-10(15)8-14/h4-6,10,12,14-15H,7-8H2,1-3H3/b5-4+/t10?,12-/m0/s1. The van der Waals surface area contributed by atoms with Crippen molar-refractivity contribution < 1.29 is 15.0 Å². The first-order valence-electron chi connectivity index (χ1n) is 5.55. The van der Waals surface area contributed by atoms with E-state index in [2.05, 4.69) is 0 Å². The minimum Gasteiger partial charge on any atom is -0.393 e. The number of carbonyl (C=O) groups excluding carboxylic acids is 1. The van der Waals surface area contributed by atoms with Gasteiger partial charge in [-0.25, -0.2) is 0 Å². The van der Waals surface area contributed by atoms with Crippen LogP contribution in [0.2, 0.25) is 0 Å². The van der Waals surface area contributed by atoms with Crippen LogP contribution in [0.5, 0.6) is 0 Å². The lowest BCUT2D eigenvalue weighted by Gasteiger charge is -2.35. The summed E-state index contributed by atoms with van der Waals surface area (Å²) in [5.74, 6) is 0.307. The van der Waals surface area contributed by atoms with E-state index in [-0.39, 0.29) is 23.7 Å². The highest BCUT2D eigenvalue weighted by Gasteiger charge is 2.34. The van der Waals surface area contributed by atoms with Gasteiger partial charge in [-0.2, -0.15) is 0 Å². The summed E-state index contributed by atoms with van der Waals surface area (Å²) < 4.78 is 0. The first kappa shape index (κ1) is 13.1. The van der Waals surface area contributed by atoms with Crippen LogP contribution in [0.15, 0.2) is 23.8 Å². The maximum absolute atomic E-state index is 11.4. The van der Waals surface area contributed by atoms with E-state index in [1.54, 1.807) is 12.2 Å². The van der Waals surface area contributed by atoms with Crippen LogP contribution in [0.1, 0.15) is 27.2 Å². The Morgan fingerprint density at radius 3 is 2.75 bits per heavy atom. The van der Waals surface area contributed by atoms with Gasteiger partial charge in [0.1, 0.15) is 0 Å². The van der Waals surface area contributed by atoms with E-state index in [1.807, 2.05) is 26.8 Å². The lowest BCUT2D eigenvalue weighted by atomic mass is 9.68. The Morgan fingerprint density at radius 1 is 1.62 bits per heavy atom. The number of carbonyl (C=O) groups is 1. The molecule has 0 heterocycles. The quantitative estimate of drug-likeness (QED) is 0.713. The van der Waals surface area contributed by atoms with Gasteiger partial charge < -0.3 is 10.2 Å². The summed E-state index contributed by atoms with van der Waals surface area (Å²) >= 11 is 0. The highest BCUT2D eigenvalue weighted by Crippen LogP contribution is 2.40. The minimum absolute atomic E-state index is 0.123. The third kappa shape index (κ3) is 3.03. The molecule has 1 aliphatic carbocycles. The molecule has 2 atom stereocenters. The summed E-state index contributed by atoms with van der Waals surface area (Å²) in [7, 11) is 0. The van der Waals surface area contributed by atoms with Gasteiger partial charge in [0.15, 0.2) is 5.78 Å². The second kappa shape index (κ2) is 4.93. The zero-order valence-corrected chi connectivity index (χ0v) is 10.1. The average molecular weight is 224 g/mol. The highest BCUT2D eigenvalue weighted by atomic mass is 16.3. The Bertz CT molecular complexity index is 326. The zero-order valence-electron chi connectivity index (χ0n) is 10.1. The largest absolute Gasteiger partial charge is 0.393 e. The summed E-state index contributed by atoms with van der Waals surface area (Å²) in [4.78, 5) is 11.4. The van der Waals surface area contributed by atoms with Gasteiger partial charge in [0.05, 0.1) is 12.7 Å². The molecule has 90 valence electrons. The number of rotatable bonds is 3. The maximum atomic E-state index is 11.4. The van der Waals surface area contributed by atoms with E-state index in [0.717, 1.165) is 5.57 Å². The van der Waals surface area contributed by atoms with Crippen molar-refractivity contribution in [1.29, 1.82) is 0 Å².